The summed E-state index contributed by atoms with van der Waals surface area (Å²) >= 11 is 1.81. The topological polar surface area (TPSA) is 15.3 Å². The Balaban J connectivity index is 1.62. The summed E-state index contributed by atoms with van der Waals surface area (Å²) in [6, 6.07) is 3.79. The fraction of sp³-hybridized carbons (Fsp3) is 0.765. The molecule has 1 aromatic heterocycles. The highest BCUT2D eigenvalue weighted by molar-refractivity contribution is 7.07. The molecule has 0 amide bonds. The minimum Gasteiger partial charge on any atom is -0.313 e. The van der Waals surface area contributed by atoms with Crippen LogP contribution in [0.3, 0.4) is 0 Å². The average molecular weight is 295 g/mol. The van der Waals surface area contributed by atoms with Gasteiger partial charge in [0.05, 0.1) is 0 Å². The van der Waals surface area contributed by atoms with Crippen molar-refractivity contribution in [2.24, 2.45) is 0 Å². The molecule has 1 atom stereocenters. The van der Waals surface area contributed by atoms with Crippen molar-refractivity contribution in [1.29, 1.82) is 0 Å². The minimum atomic E-state index is 0.670. The van der Waals surface area contributed by atoms with Crippen LogP contribution in [0.15, 0.2) is 16.8 Å². The van der Waals surface area contributed by atoms with Gasteiger partial charge < -0.3 is 5.32 Å². The molecule has 1 aromatic rings. The van der Waals surface area contributed by atoms with E-state index in [1.807, 2.05) is 11.3 Å². The number of unbranched alkanes of at least 4 members (excludes halogenated alkanes) is 2. The van der Waals surface area contributed by atoms with Gasteiger partial charge in [0, 0.05) is 31.7 Å². The van der Waals surface area contributed by atoms with Gasteiger partial charge in [-0.15, -0.1) is 0 Å². The smallest absolute Gasteiger partial charge is 0.0245 e. The molecule has 2 rings (SSSR count). The first-order valence-electron chi connectivity index (χ1n) is 8.28. The van der Waals surface area contributed by atoms with Crippen LogP contribution in [0.4, 0.5) is 0 Å². The Morgan fingerprint density at radius 3 is 2.90 bits per heavy atom. The van der Waals surface area contributed by atoms with Gasteiger partial charge in [-0.2, -0.15) is 11.3 Å². The molecular weight excluding hydrogens is 264 g/mol. The molecule has 1 fully saturated rings. The van der Waals surface area contributed by atoms with E-state index in [0.717, 1.165) is 19.1 Å². The van der Waals surface area contributed by atoms with E-state index in [1.54, 1.807) is 0 Å². The highest BCUT2D eigenvalue weighted by atomic mass is 32.1. The van der Waals surface area contributed by atoms with Crippen LogP contribution in [0.2, 0.25) is 0 Å². The van der Waals surface area contributed by atoms with E-state index in [-0.39, 0.29) is 0 Å². The van der Waals surface area contributed by atoms with Gasteiger partial charge in [-0.25, -0.2) is 0 Å². The zero-order valence-corrected chi connectivity index (χ0v) is 13.9. The van der Waals surface area contributed by atoms with Crippen molar-refractivity contribution in [3.63, 3.8) is 0 Å². The average Bonchev–Trinajstić information content (AvgIpc) is 3.16. The Hall–Kier alpha value is -0.380. The lowest BCUT2D eigenvalue weighted by molar-refractivity contribution is 0.250. The maximum absolute atomic E-state index is 3.70. The number of nitrogens with one attached hydrogen (secondary N) is 1. The molecule has 1 saturated carbocycles. The molecule has 0 spiro atoms. The van der Waals surface area contributed by atoms with Crippen molar-refractivity contribution in [2.75, 3.05) is 13.1 Å². The van der Waals surface area contributed by atoms with E-state index >= 15 is 0 Å². The zero-order valence-electron chi connectivity index (χ0n) is 13.1. The van der Waals surface area contributed by atoms with Crippen molar-refractivity contribution >= 4 is 11.3 Å². The molecular formula is C17H30N2S. The second kappa shape index (κ2) is 8.81. The Morgan fingerprint density at radius 1 is 1.40 bits per heavy atom. The van der Waals surface area contributed by atoms with E-state index in [4.69, 9.17) is 0 Å². The summed E-state index contributed by atoms with van der Waals surface area (Å²) in [6.45, 7) is 8.07. The van der Waals surface area contributed by atoms with Crippen molar-refractivity contribution in [3.05, 3.63) is 22.4 Å². The molecule has 0 aliphatic heterocycles. The van der Waals surface area contributed by atoms with Crippen LogP contribution in [0.5, 0.6) is 0 Å². The minimum absolute atomic E-state index is 0.670. The van der Waals surface area contributed by atoms with Crippen molar-refractivity contribution in [3.8, 4) is 0 Å². The summed E-state index contributed by atoms with van der Waals surface area (Å²) in [5.74, 6) is 0. The van der Waals surface area contributed by atoms with Gasteiger partial charge >= 0.3 is 0 Å². The molecule has 1 heterocycles. The zero-order chi connectivity index (χ0) is 14.2. The molecule has 114 valence electrons. The van der Waals surface area contributed by atoms with Crippen molar-refractivity contribution in [1.82, 2.24) is 10.2 Å². The van der Waals surface area contributed by atoms with Crippen LogP contribution in [0.25, 0.3) is 0 Å². The van der Waals surface area contributed by atoms with Gasteiger partial charge in [0.1, 0.15) is 0 Å². The second-order valence-electron chi connectivity index (χ2n) is 6.18. The maximum atomic E-state index is 3.70. The van der Waals surface area contributed by atoms with Crippen LogP contribution < -0.4 is 5.32 Å². The normalized spacial score (nSPS) is 16.8. The van der Waals surface area contributed by atoms with E-state index in [0.29, 0.717) is 6.04 Å². The lowest BCUT2D eigenvalue weighted by Crippen LogP contribution is -2.36. The summed E-state index contributed by atoms with van der Waals surface area (Å²) in [5, 5.41) is 8.17. The van der Waals surface area contributed by atoms with Gasteiger partial charge in [-0.1, -0.05) is 26.2 Å². The summed E-state index contributed by atoms with van der Waals surface area (Å²) in [4.78, 5) is 2.66. The largest absolute Gasteiger partial charge is 0.313 e. The Morgan fingerprint density at radius 2 is 2.25 bits per heavy atom. The molecule has 1 N–H and O–H groups in total. The third-order valence-corrected chi connectivity index (χ3v) is 4.89. The standard InChI is InChI=1S/C17H30N2S/c1-3-4-5-6-15(2)18-10-11-19(17-7-8-17)13-16-9-12-20-14-16/h9,12,14-15,17-18H,3-8,10-11,13H2,1-2H3. The lowest BCUT2D eigenvalue weighted by atomic mass is 10.1. The summed E-state index contributed by atoms with van der Waals surface area (Å²) in [5.41, 5.74) is 1.48. The van der Waals surface area contributed by atoms with Crippen LogP contribution in [0, 0.1) is 0 Å². The third kappa shape index (κ3) is 5.94. The van der Waals surface area contributed by atoms with Gasteiger partial charge in [0.25, 0.3) is 0 Å². The second-order valence-corrected chi connectivity index (χ2v) is 6.96. The molecule has 0 aromatic carbocycles. The van der Waals surface area contributed by atoms with Crippen LogP contribution in [-0.4, -0.2) is 30.1 Å². The predicted octanol–water partition coefficient (Wildman–Crippen LogP) is 4.27. The third-order valence-electron chi connectivity index (χ3n) is 4.16. The van der Waals surface area contributed by atoms with Crippen molar-refractivity contribution < 1.29 is 0 Å². The van der Waals surface area contributed by atoms with E-state index in [9.17, 15) is 0 Å². The molecule has 2 nitrogen and oxygen atoms in total. The van der Waals surface area contributed by atoms with E-state index in [1.165, 1.54) is 50.6 Å². The first-order valence-corrected chi connectivity index (χ1v) is 9.22. The van der Waals surface area contributed by atoms with Gasteiger partial charge in [0.15, 0.2) is 0 Å². The van der Waals surface area contributed by atoms with Crippen LogP contribution >= 0.6 is 11.3 Å². The predicted molar refractivity (Wildman–Crippen MR) is 89.4 cm³/mol. The highest BCUT2D eigenvalue weighted by Gasteiger charge is 2.28. The Bertz CT molecular complexity index is 346. The fourth-order valence-electron chi connectivity index (χ4n) is 2.70. The Labute approximate surface area is 128 Å². The van der Waals surface area contributed by atoms with Crippen LogP contribution in [0.1, 0.15) is 57.9 Å². The highest BCUT2D eigenvalue weighted by Crippen LogP contribution is 2.28. The first kappa shape index (κ1) is 16.0. The van der Waals surface area contributed by atoms with E-state index in [2.05, 4.69) is 40.9 Å². The molecule has 1 unspecified atom stereocenters. The maximum Gasteiger partial charge on any atom is 0.0245 e. The molecule has 3 heteroatoms. The molecule has 1 aliphatic carbocycles. The lowest BCUT2D eigenvalue weighted by Gasteiger charge is -2.23. The molecule has 1 aliphatic rings. The molecule has 0 bridgehead atoms. The molecule has 20 heavy (non-hydrogen) atoms. The SMILES string of the molecule is CCCCCC(C)NCCN(Cc1ccsc1)C1CC1. The number of hydrogen-bond acceptors (Lipinski definition) is 3. The molecule has 0 saturated heterocycles. The van der Waals surface area contributed by atoms with Crippen molar-refractivity contribution in [2.45, 2.75) is 71.0 Å². The van der Waals surface area contributed by atoms with Crippen LogP contribution in [-0.2, 0) is 6.54 Å². The van der Waals surface area contributed by atoms with Gasteiger partial charge in [0.2, 0.25) is 0 Å². The fourth-order valence-corrected chi connectivity index (χ4v) is 3.36. The van der Waals surface area contributed by atoms with Gasteiger partial charge in [-0.3, -0.25) is 4.90 Å². The van der Waals surface area contributed by atoms with E-state index < -0.39 is 0 Å². The number of hydrogen-bond donors (Lipinski definition) is 1. The van der Waals surface area contributed by atoms with Gasteiger partial charge in [-0.05, 0) is 48.6 Å². The first-order chi connectivity index (χ1) is 9.79. The number of thiophene rings is 1. The monoisotopic (exact) mass is 294 g/mol. The Kier molecular flexibility index (Phi) is 7.05. The quantitative estimate of drug-likeness (QED) is 0.613. The molecule has 0 radical (unpaired) electrons. The number of rotatable bonds is 11. The summed E-state index contributed by atoms with van der Waals surface area (Å²) in [6.07, 6.45) is 8.18. The summed E-state index contributed by atoms with van der Waals surface area (Å²) in [7, 11) is 0. The number of nitrogens with zero attached hydrogens (tertiary/aromatic N) is 1. The summed E-state index contributed by atoms with van der Waals surface area (Å²) < 4.78 is 0.